The van der Waals surface area contributed by atoms with Gasteiger partial charge in [-0.25, -0.2) is 0 Å². The number of halogens is 1. The van der Waals surface area contributed by atoms with Crippen LogP contribution in [-0.2, 0) is 6.42 Å². The second-order valence-electron chi connectivity index (χ2n) is 4.40. The van der Waals surface area contributed by atoms with E-state index in [0.29, 0.717) is 12.6 Å². The fourth-order valence-corrected chi connectivity index (χ4v) is 2.46. The normalized spacial score (nSPS) is 18.6. The third-order valence-electron chi connectivity index (χ3n) is 3.17. The van der Waals surface area contributed by atoms with Crippen molar-refractivity contribution >= 4 is 15.9 Å². The molecule has 92 valence electrons. The predicted molar refractivity (Wildman–Crippen MR) is 74.7 cm³/mol. The van der Waals surface area contributed by atoms with Crippen molar-refractivity contribution in [3.63, 3.8) is 0 Å². The molecule has 1 aliphatic carbocycles. The highest BCUT2D eigenvalue weighted by molar-refractivity contribution is 9.11. The molecular weight excluding hydrogens is 278 g/mol. The van der Waals surface area contributed by atoms with Gasteiger partial charge in [0.1, 0.15) is 12.4 Å². The van der Waals surface area contributed by atoms with E-state index in [4.69, 9.17) is 4.74 Å². The van der Waals surface area contributed by atoms with Crippen molar-refractivity contribution in [2.24, 2.45) is 0 Å². The molecule has 2 rings (SSSR count). The Labute approximate surface area is 111 Å². The SMILES string of the molecule is C=C(Br)COc1ccc2c(c1)CCCC2NC. The fraction of sp³-hybridized carbons (Fsp3) is 0.429. The van der Waals surface area contributed by atoms with Crippen LogP contribution in [0.2, 0.25) is 0 Å². The van der Waals surface area contributed by atoms with E-state index in [1.807, 2.05) is 13.1 Å². The average molecular weight is 296 g/mol. The Bertz CT molecular complexity index is 417. The number of nitrogens with one attached hydrogen (secondary N) is 1. The molecule has 0 amide bonds. The third-order valence-corrected chi connectivity index (χ3v) is 3.40. The summed E-state index contributed by atoms with van der Waals surface area (Å²) < 4.78 is 6.50. The Hall–Kier alpha value is -0.800. The van der Waals surface area contributed by atoms with Gasteiger partial charge in [-0.2, -0.15) is 0 Å². The Morgan fingerprint density at radius 1 is 1.59 bits per heavy atom. The summed E-state index contributed by atoms with van der Waals surface area (Å²) in [6, 6.07) is 6.89. The first-order chi connectivity index (χ1) is 8.20. The van der Waals surface area contributed by atoms with E-state index in [0.717, 1.165) is 16.7 Å². The molecule has 2 nitrogen and oxygen atoms in total. The maximum absolute atomic E-state index is 5.64. The summed E-state index contributed by atoms with van der Waals surface area (Å²) in [5.41, 5.74) is 2.83. The molecule has 0 aliphatic heterocycles. The number of hydrogen-bond acceptors (Lipinski definition) is 2. The quantitative estimate of drug-likeness (QED) is 0.917. The van der Waals surface area contributed by atoms with Gasteiger partial charge in [-0.15, -0.1) is 0 Å². The molecule has 1 aromatic carbocycles. The van der Waals surface area contributed by atoms with Crippen LogP contribution >= 0.6 is 15.9 Å². The number of aryl methyl sites for hydroxylation is 1. The van der Waals surface area contributed by atoms with E-state index in [9.17, 15) is 0 Å². The zero-order valence-electron chi connectivity index (χ0n) is 10.1. The standard InChI is InChI=1S/C14H18BrNO/c1-10(15)9-17-12-6-7-13-11(8-12)4-3-5-14(13)16-2/h6-8,14,16H,1,3-5,9H2,2H3. The number of ether oxygens (including phenoxy) is 1. The summed E-state index contributed by atoms with van der Waals surface area (Å²) in [7, 11) is 2.03. The van der Waals surface area contributed by atoms with Gasteiger partial charge in [-0.3, -0.25) is 0 Å². The molecule has 1 unspecified atom stereocenters. The van der Waals surface area contributed by atoms with E-state index in [-0.39, 0.29) is 0 Å². The molecule has 1 aromatic rings. The fourth-order valence-electron chi connectivity index (χ4n) is 2.34. The summed E-state index contributed by atoms with van der Waals surface area (Å²) in [5.74, 6) is 0.932. The smallest absolute Gasteiger partial charge is 0.120 e. The molecule has 17 heavy (non-hydrogen) atoms. The van der Waals surface area contributed by atoms with Crippen molar-refractivity contribution in [1.29, 1.82) is 0 Å². The Morgan fingerprint density at radius 2 is 2.41 bits per heavy atom. The van der Waals surface area contributed by atoms with Crippen LogP contribution in [-0.4, -0.2) is 13.7 Å². The molecule has 0 bridgehead atoms. The number of benzene rings is 1. The van der Waals surface area contributed by atoms with Crippen LogP contribution in [0.15, 0.2) is 29.3 Å². The van der Waals surface area contributed by atoms with Crippen LogP contribution in [0.5, 0.6) is 5.75 Å². The molecule has 0 aromatic heterocycles. The van der Waals surface area contributed by atoms with Gasteiger partial charge in [0.2, 0.25) is 0 Å². The predicted octanol–water partition coefficient (Wildman–Crippen LogP) is 3.57. The van der Waals surface area contributed by atoms with Gasteiger partial charge in [0.15, 0.2) is 0 Å². The van der Waals surface area contributed by atoms with E-state index >= 15 is 0 Å². The highest BCUT2D eigenvalue weighted by atomic mass is 79.9. The van der Waals surface area contributed by atoms with Crippen LogP contribution in [0.3, 0.4) is 0 Å². The third kappa shape index (κ3) is 3.11. The summed E-state index contributed by atoms with van der Waals surface area (Å²) in [4.78, 5) is 0. The first-order valence-electron chi connectivity index (χ1n) is 5.97. The number of fused-ring (bicyclic) bond motifs is 1. The summed E-state index contributed by atoms with van der Waals surface area (Å²) in [6.07, 6.45) is 3.62. The first kappa shape index (κ1) is 12.7. The van der Waals surface area contributed by atoms with Gasteiger partial charge >= 0.3 is 0 Å². The van der Waals surface area contributed by atoms with E-state index in [1.54, 1.807) is 0 Å². The molecule has 1 atom stereocenters. The average Bonchev–Trinajstić information content (AvgIpc) is 2.35. The lowest BCUT2D eigenvalue weighted by Crippen LogP contribution is -2.21. The molecule has 0 fully saturated rings. The monoisotopic (exact) mass is 295 g/mol. The van der Waals surface area contributed by atoms with Gasteiger partial charge in [0.05, 0.1) is 0 Å². The van der Waals surface area contributed by atoms with Crippen LogP contribution in [0.1, 0.15) is 30.0 Å². The van der Waals surface area contributed by atoms with Crippen LogP contribution in [0, 0.1) is 0 Å². The second kappa shape index (κ2) is 5.69. The van der Waals surface area contributed by atoms with Crippen molar-refractivity contribution in [2.45, 2.75) is 25.3 Å². The largest absolute Gasteiger partial charge is 0.488 e. The zero-order valence-corrected chi connectivity index (χ0v) is 11.7. The first-order valence-corrected chi connectivity index (χ1v) is 6.76. The highest BCUT2D eigenvalue weighted by Crippen LogP contribution is 2.31. The molecular formula is C14H18BrNO. The van der Waals surface area contributed by atoms with Gasteiger partial charge in [-0.05, 0) is 49.6 Å². The van der Waals surface area contributed by atoms with Crippen LogP contribution in [0.25, 0.3) is 0 Å². The van der Waals surface area contributed by atoms with Crippen molar-refractivity contribution in [2.75, 3.05) is 13.7 Å². The van der Waals surface area contributed by atoms with E-state index in [2.05, 4.69) is 40.0 Å². The molecule has 0 saturated heterocycles. The molecule has 0 spiro atoms. The lowest BCUT2D eigenvalue weighted by molar-refractivity contribution is 0.359. The van der Waals surface area contributed by atoms with E-state index in [1.165, 1.54) is 24.0 Å². The maximum atomic E-state index is 5.64. The summed E-state index contributed by atoms with van der Waals surface area (Å²) >= 11 is 3.30. The lowest BCUT2D eigenvalue weighted by atomic mass is 9.87. The minimum atomic E-state index is 0.499. The molecule has 3 heteroatoms. The molecule has 0 heterocycles. The van der Waals surface area contributed by atoms with Crippen LogP contribution in [0.4, 0.5) is 0 Å². The molecule has 0 saturated carbocycles. The van der Waals surface area contributed by atoms with Gasteiger partial charge in [-0.1, -0.05) is 28.6 Å². The van der Waals surface area contributed by atoms with Crippen molar-refractivity contribution in [1.82, 2.24) is 5.32 Å². The molecule has 1 aliphatic rings. The summed E-state index contributed by atoms with van der Waals surface area (Å²) in [6.45, 7) is 4.29. The highest BCUT2D eigenvalue weighted by Gasteiger charge is 2.18. The van der Waals surface area contributed by atoms with Gasteiger partial charge < -0.3 is 10.1 Å². The second-order valence-corrected chi connectivity index (χ2v) is 5.52. The van der Waals surface area contributed by atoms with Crippen molar-refractivity contribution in [3.8, 4) is 5.75 Å². The Morgan fingerprint density at radius 3 is 3.12 bits per heavy atom. The zero-order chi connectivity index (χ0) is 12.3. The number of rotatable bonds is 4. The Kier molecular flexibility index (Phi) is 4.24. The van der Waals surface area contributed by atoms with Gasteiger partial charge in [0.25, 0.3) is 0 Å². The maximum Gasteiger partial charge on any atom is 0.120 e. The minimum absolute atomic E-state index is 0.499. The molecule has 0 radical (unpaired) electrons. The number of hydrogen-bond donors (Lipinski definition) is 1. The topological polar surface area (TPSA) is 21.3 Å². The summed E-state index contributed by atoms with van der Waals surface area (Å²) in [5, 5.41) is 3.37. The Balaban J connectivity index is 2.16. The van der Waals surface area contributed by atoms with Crippen LogP contribution < -0.4 is 10.1 Å². The van der Waals surface area contributed by atoms with Crippen molar-refractivity contribution in [3.05, 3.63) is 40.4 Å². The van der Waals surface area contributed by atoms with Crippen molar-refractivity contribution < 1.29 is 4.74 Å². The van der Waals surface area contributed by atoms with Gasteiger partial charge in [0, 0.05) is 10.5 Å². The van der Waals surface area contributed by atoms with E-state index < -0.39 is 0 Å². The lowest BCUT2D eigenvalue weighted by Gasteiger charge is -2.25. The molecule has 1 N–H and O–H groups in total. The minimum Gasteiger partial charge on any atom is -0.488 e.